The van der Waals surface area contributed by atoms with Crippen LogP contribution < -0.4 is 0 Å². The standard InChI is InChI=1S/C16H12BrIN2/c17-15-4-2-1-3-13(15)11-20-10-9-19-16(20)12-5-7-14(18)8-6-12/h1-10H,11H2. The van der Waals surface area contributed by atoms with E-state index in [1.807, 2.05) is 18.5 Å². The molecular formula is C16H12BrIN2. The van der Waals surface area contributed by atoms with Crippen molar-refractivity contribution >= 4 is 38.5 Å². The highest BCUT2D eigenvalue weighted by molar-refractivity contribution is 14.1. The van der Waals surface area contributed by atoms with Gasteiger partial charge in [-0.1, -0.05) is 46.3 Å². The number of benzene rings is 2. The lowest BCUT2D eigenvalue weighted by Gasteiger charge is -2.09. The zero-order valence-electron chi connectivity index (χ0n) is 10.6. The fraction of sp³-hybridized carbons (Fsp3) is 0.0625. The highest BCUT2D eigenvalue weighted by Gasteiger charge is 2.07. The van der Waals surface area contributed by atoms with Crippen LogP contribution >= 0.6 is 38.5 Å². The Kier molecular flexibility index (Phi) is 4.21. The Labute approximate surface area is 140 Å². The molecule has 0 aliphatic rings. The van der Waals surface area contributed by atoms with E-state index >= 15 is 0 Å². The number of hydrogen-bond donors (Lipinski definition) is 0. The Bertz CT molecular complexity index is 719. The smallest absolute Gasteiger partial charge is 0.140 e. The molecule has 0 fully saturated rings. The number of halogens is 2. The minimum absolute atomic E-state index is 0.808. The lowest BCUT2D eigenvalue weighted by molar-refractivity contribution is 0.804. The van der Waals surface area contributed by atoms with Crippen LogP contribution in [0.25, 0.3) is 11.4 Å². The lowest BCUT2D eigenvalue weighted by atomic mass is 10.2. The monoisotopic (exact) mass is 438 g/mol. The summed E-state index contributed by atoms with van der Waals surface area (Å²) in [6.07, 6.45) is 3.87. The Morgan fingerprint density at radius 1 is 1.05 bits per heavy atom. The van der Waals surface area contributed by atoms with Crippen molar-refractivity contribution in [3.8, 4) is 11.4 Å². The molecule has 1 aromatic heterocycles. The fourth-order valence-corrected chi connectivity index (χ4v) is 2.88. The molecule has 0 radical (unpaired) electrons. The molecule has 4 heteroatoms. The molecule has 0 N–H and O–H groups in total. The third-order valence-electron chi connectivity index (χ3n) is 3.12. The molecule has 0 saturated heterocycles. The molecule has 3 aromatic rings. The predicted molar refractivity (Wildman–Crippen MR) is 93.6 cm³/mol. The number of rotatable bonds is 3. The SMILES string of the molecule is Brc1ccccc1Cn1ccnc1-c1ccc(I)cc1. The molecule has 3 rings (SSSR count). The van der Waals surface area contributed by atoms with E-state index in [0.29, 0.717) is 0 Å². The molecule has 0 amide bonds. The van der Waals surface area contributed by atoms with Crippen molar-refractivity contribution in [3.05, 3.63) is 74.5 Å². The van der Waals surface area contributed by atoms with E-state index in [4.69, 9.17) is 0 Å². The van der Waals surface area contributed by atoms with Gasteiger partial charge in [-0.3, -0.25) is 0 Å². The minimum atomic E-state index is 0.808. The second-order valence-corrected chi connectivity index (χ2v) is 6.58. The highest BCUT2D eigenvalue weighted by Crippen LogP contribution is 2.22. The zero-order valence-corrected chi connectivity index (χ0v) is 14.4. The highest BCUT2D eigenvalue weighted by atomic mass is 127. The predicted octanol–water partition coefficient (Wildman–Crippen LogP) is 4.97. The first kappa shape index (κ1) is 13.8. The topological polar surface area (TPSA) is 17.8 Å². The zero-order chi connectivity index (χ0) is 13.9. The van der Waals surface area contributed by atoms with Crippen molar-refractivity contribution in [3.63, 3.8) is 0 Å². The number of hydrogen-bond acceptors (Lipinski definition) is 1. The van der Waals surface area contributed by atoms with Crippen molar-refractivity contribution < 1.29 is 0 Å². The third-order valence-corrected chi connectivity index (χ3v) is 4.61. The summed E-state index contributed by atoms with van der Waals surface area (Å²) in [5, 5.41) is 0. The largest absolute Gasteiger partial charge is 0.327 e. The molecule has 0 saturated carbocycles. The Morgan fingerprint density at radius 2 is 1.80 bits per heavy atom. The molecule has 20 heavy (non-hydrogen) atoms. The third kappa shape index (κ3) is 2.96. The summed E-state index contributed by atoms with van der Waals surface area (Å²) < 4.78 is 4.53. The quantitative estimate of drug-likeness (QED) is 0.528. The van der Waals surface area contributed by atoms with Crippen molar-refractivity contribution in [2.24, 2.45) is 0 Å². The van der Waals surface area contributed by atoms with Crippen LogP contribution in [0.3, 0.4) is 0 Å². The van der Waals surface area contributed by atoms with E-state index in [2.05, 4.69) is 90.5 Å². The molecule has 0 unspecified atom stereocenters. The number of imidazole rings is 1. The first-order valence-corrected chi connectivity index (χ1v) is 8.12. The molecule has 0 spiro atoms. The molecule has 0 bridgehead atoms. The second kappa shape index (κ2) is 6.10. The van der Waals surface area contributed by atoms with E-state index in [1.54, 1.807) is 0 Å². The van der Waals surface area contributed by atoms with Gasteiger partial charge in [0.25, 0.3) is 0 Å². The molecule has 0 atom stereocenters. The average Bonchev–Trinajstić information content (AvgIpc) is 2.90. The van der Waals surface area contributed by atoms with Gasteiger partial charge in [0.05, 0.1) is 6.54 Å². The van der Waals surface area contributed by atoms with E-state index in [0.717, 1.165) is 22.4 Å². The summed E-state index contributed by atoms with van der Waals surface area (Å²) in [7, 11) is 0. The Hall–Kier alpha value is -1.14. The minimum Gasteiger partial charge on any atom is -0.327 e. The van der Waals surface area contributed by atoms with E-state index < -0.39 is 0 Å². The molecule has 100 valence electrons. The molecule has 1 heterocycles. The van der Waals surface area contributed by atoms with Crippen LogP contribution in [0.2, 0.25) is 0 Å². The molecule has 0 aliphatic heterocycles. The van der Waals surface area contributed by atoms with Gasteiger partial charge >= 0.3 is 0 Å². The van der Waals surface area contributed by atoms with Crippen LogP contribution in [0.1, 0.15) is 5.56 Å². The summed E-state index contributed by atoms with van der Waals surface area (Å²) in [5.74, 6) is 0.997. The van der Waals surface area contributed by atoms with Gasteiger partial charge < -0.3 is 4.57 Å². The summed E-state index contributed by atoms with van der Waals surface area (Å²) in [6.45, 7) is 0.808. The van der Waals surface area contributed by atoms with Crippen molar-refractivity contribution in [1.82, 2.24) is 9.55 Å². The number of nitrogens with zero attached hydrogens (tertiary/aromatic N) is 2. The van der Waals surface area contributed by atoms with Crippen LogP contribution in [-0.2, 0) is 6.54 Å². The maximum Gasteiger partial charge on any atom is 0.140 e. The lowest BCUT2D eigenvalue weighted by Crippen LogP contribution is -2.01. The summed E-state index contributed by atoms with van der Waals surface area (Å²) in [5.41, 5.74) is 2.39. The van der Waals surface area contributed by atoms with E-state index in [1.165, 1.54) is 9.13 Å². The van der Waals surface area contributed by atoms with Crippen molar-refractivity contribution in [2.45, 2.75) is 6.54 Å². The first-order chi connectivity index (χ1) is 9.74. The van der Waals surface area contributed by atoms with E-state index in [9.17, 15) is 0 Å². The van der Waals surface area contributed by atoms with Gasteiger partial charge in [0.2, 0.25) is 0 Å². The maximum absolute atomic E-state index is 4.49. The summed E-state index contributed by atoms with van der Waals surface area (Å²) >= 11 is 5.91. The van der Waals surface area contributed by atoms with Crippen molar-refractivity contribution in [1.29, 1.82) is 0 Å². The molecular weight excluding hydrogens is 427 g/mol. The van der Waals surface area contributed by atoms with Gasteiger partial charge in [0, 0.05) is 26.0 Å². The van der Waals surface area contributed by atoms with Gasteiger partial charge in [-0.2, -0.15) is 0 Å². The number of aromatic nitrogens is 2. The van der Waals surface area contributed by atoms with Gasteiger partial charge in [0.1, 0.15) is 5.82 Å². The van der Waals surface area contributed by atoms with Crippen LogP contribution in [0, 0.1) is 3.57 Å². The van der Waals surface area contributed by atoms with Gasteiger partial charge in [-0.25, -0.2) is 4.98 Å². The normalized spacial score (nSPS) is 10.7. The van der Waals surface area contributed by atoms with Gasteiger partial charge in [0.15, 0.2) is 0 Å². The van der Waals surface area contributed by atoms with Crippen LogP contribution in [-0.4, -0.2) is 9.55 Å². The van der Waals surface area contributed by atoms with E-state index in [-0.39, 0.29) is 0 Å². The van der Waals surface area contributed by atoms with Crippen LogP contribution in [0.15, 0.2) is 65.4 Å². The van der Waals surface area contributed by atoms with Crippen LogP contribution in [0.5, 0.6) is 0 Å². The molecule has 0 aliphatic carbocycles. The Balaban J connectivity index is 1.95. The average molecular weight is 439 g/mol. The molecule has 2 nitrogen and oxygen atoms in total. The molecule has 2 aromatic carbocycles. The van der Waals surface area contributed by atoms with Crippen molar-refractivity contribution in [2.75, 3.05) is 0 Å². The van der Waals surface area contributed by atoms with Crippen LogP contribution in [0.4, 0.5) is 0 Å². The summed E-state index contributed by atoms with van der Waals surface area (Å²) in [4.78, 5) is 4.49. The second-order valence-electron chi connectivity index (χ2n) is 4.48. The summed E-state index contributed by atoms with van der Waals surface area (Å²) in [6, 6.07) is 16.7. The maximum atomic E-state index is 4.49. The fourth-order valence-electron chi connectivity index (χ4n) is 2.11. The first-order valence-electron chi connectivity index (χ1n) is 6.24. The Morgan fingerprint density at radius 3 is 2.55 bits per heavy atom. The van der Waals surface area contributed by atoms with Gasteiger partial charge in [-0.05, 0) is 46.4 Å². The van der Waals surface area contributed by atoms with Gasteiger partial charge in [-0.15, -0.1) is 0 Å².